The van der Waals surface area contributed by atoms with Crippen molar-refractivity contribution in [2.24, 2.45) is 5.92 Å². The molecule has 0 aromatic heterocycles. The van der Waals surface area contributed by atoms with E-state index < -0.39 is 0 Å². The van der Waals surface area contributed by atoms with E-state index in [1.165, 1.54) is 25.7 Å². The Labute approximate surface area is 137 Å². The number of aliphatic hydroxyl groups excluding tert-OH is 1. The molecule has 3 nitrogen and oxygen atoms in total. The van der Waals surface area contributed by atoms with Crippen molar-refractivity contribution in [3.8, 4) is 5.75 Å². The summed E-state index contributed by atoms with van der Waals surface area (Å²) in [5.74, 6) is 1.48. The van der Waals surface area contributed by atoms with Gasteiger partial charge in [-0.2, -0.15) is 0 Å². The number of halogens is 2. The van der Waals surface area contributed by atoms with Gasteiger partial charge in [-0.05, 0) is 50.3 Å². The van der Waals surface area contributed by atoms with E-state index >= 15 is 0 Å². The maximum atomic E-state index is 10.1. The highest BCUT2D eigenvalue weighted by molar-refractivity contribution is 9.11. The molecule has 1 fully saturated rings. The minimum atomic E-state index is -0.292. The van der Waals surface area contributed by atoms with Crippen molar-refractivity contribution >= 4 is 37.5 Å². The van der Waals surface area contributed by atoms with E-state index in [-0.39, 0.29) is 6.10 Å². The van der Waals surface area contributed by atoms with Gasteiger partial charge in [0.1, 0.15) is 5.75 Å². The first-order valence-corrected chi connectivity index (χ1v) is 8.63. The lowest BCUT2D eigenvalue weighted by molar-refractivity contribution is 0.155. The van der Waals surface area contributed by atoms with Crippen LogP contribution in [0, 0.1) is 5.92 Å². The summed E-state index contributed by atoms with van der Waals surface area (Å²) >= 11 is 6.97. The van der Waals surface area contributed by atoms with E-state index in [0.717, 1.165) is 26.8 Å². The van der Waals surface area contributed by atoms with Gasteiger partial charge in [-0.1, -0.05) is 25.7 Å². The lowest BCUT2D eigenvalue weighted by atomic mass is 10.00. The normalized spacial score (nSPS) is 17.2. The van der Waals surface area contributed by atoms with E-state index in [9.17, 15) is 5.11 Å². The Balaban J connectivity index is 1.89. The molecule has 1 aromatic carbocycles. The minimum absolute atomic E-state index is 0.292. The Bertz CT molecular complexity index is 448. The van der Waals surface area contributed by atoms with Crippen LogP contribution in [0.2, 0.25) is 0 Å². The quantitative estimate of drug-likeness (QED) is 0.726. The first-order valence-electron chi connectivity index (χ1n) is 7.05. The number of benzene rings is 1. The molecule has 0 radical (unpaired) electrons. The molecule has 1 saturated carbocycles. The zero-order valence-corrected chi connectivity index (χ0v) is 14.8. The molecule has 0 spiro atoms. The van der Waals surface area contributed by atoms with Crippen LogP contribution in [0.5, 0.6) is 5.75 Å². The van der Waals surface area contributed by atoms with Gasteiger partial charge >= 0.3 is 0 Å². The minimum Gasteiger partial charge on any atom is -0.495 e. The molecule has 0 saturated heterocycles. The van der Waals surface area contributed by atoms with Crippen LogP contribution >= 0.6 is 31.9 Å². The van der Waals surface area contributed by atoms with Crippen LogP contribution in [0.4, 0.5) is 5.69 Å². The van der Waals surface area contributed by atoms with E-state index in [1.54, 1.807) is 7.11 Å². The number of anilines is 1. The first-order chi connectivity index (χ1) is 9.60. The summed E-state index contributed by atoms with van der Waals surface area (Å²) in [6.07, 6.45) is 5.79. The van der Waals surface area contributed by atoms with Gasteiger partial charge in [0.2, 0.25) is 0 Å². The van der Waals surface area contributed by atoms with Gasteiger partial charge in [0.15, 0.2) is 0 Å². The Morgan fingerprint density at radius 3 is 2.65 bits per heavy atom. The molecule has 1 aromatic rings. The Hall–Kier alpha value is -0.260. The topological polar surface area (TPSA) is 41.5 Å². The van der Waals surface area contributed by atoms with Gasteiger partial charge in [-0.3, -0.25) is 0 Å². The van der Waals surface area contributed by atoms with Crippen LogP contribution in [0.25, 0.3) is 0 Å². The van der Waals surface area contributed by atoms with Crippen LogP contribution in [-0.2, 0) is 0 Å². The Morgan fingerprint density at radius 1 is 1.30 bits per heavy atom. The highest BCUT2D eigenvalue weighted by Crippen LogP contribution is 2.34. The predicted octanol–water partition coefficient (Wildman–Crippen LogP) is 4.57. The highest BCUT2D eigenvalue weighted by atomic mass is 79.9. The molecule has 0 heterocycles. The third kappa shape index (κ3) is 4.37. The third-order valence-corrected chi connectivity index (χ3v) is 5.13. The number of rotatable bonds is 6. The molecule has 1 atom stereocenters. The molecule has 2 N–H and O–H groups in total. The van der Waals surface area contributed by atoms with Crippen molar-refractivity contribution in [1.82, 2.24) is 0 Å². The van der Waals surface area contributed by atoms with E-state index in [2.05, 4.69) is 37.2 Å². The lowest BCUT2D eigenvalue weighted by Gasteiger charge is -2.18. The van der Waals surface area contributed by atoms with Crippen molar-refractivity contribution in [3.63, 3.8) is 0 Å². The van der Waals surface area contributed by atoms with Crippen LogP contribution in [-0.4, -0.2) is 24.9 Å². The van der Waals surface area contributed by atoms with Crippen LogP contribution in [0.15, 0.2) is 21.1 Å². The van der Waals surface area contributed by atoms with Gasteiger partial charge in [0.25, 0.3) is 0 Å². The summed E-state index contributed by atoms with van der Waals surface area (Å²) in [7, 11) is 1.65. The van der Waals surface area contributed by atoms with Crippen molar-refractivity contribution in [2.45, 2.75) is 38.2 Å². The third-order valence-electron chi connectivity index (χ3n) is 3.85. The van der Waals surface area contributed by atoms with Crippen molar-refractivity contribution in [2.75, 3.05) is 19.0 Å². The van der Waals surface area contributed by atoms with Gasteiger partial charge in [-0.15, -0.1) is 0 Å². The second-order valence-corrected chi connectivity index (χ2v) is 7.10. The van der Waals surface area contributed by atoms with Gasteiger partial charge < -0.3 is 15.2 Å². The second kappa shape index (κ2) is 7.66. The summed E-state index contributed by atoms with van der Waals surface area (Å²) in [6.45, 7) is 0.569. The number of hydrogen-bond donors (Lipinski definition) is 2. The number of methoxy groups -OCH3 is 1. The highest BCUT2D eigenvalue weighted by Gasteiger charge is 2.19. The van der Waals surface area contributed by atoms with Crippen molar-refractivity contribution in [1.29, 1.82) is 0 Å². The average Bonchev–Trinajstić information content (AvgIpc) is 2.90. The molecule has 5 heteroatoms. The van der Waals surface area contributed by atoms with Gasteiger partial charge in [0, 0.05) is 17.1 Å². The molecule has 1 aliphatic rings. The molecule has 0 amide bonds. The maximum absolute atomic E-state index is 10.1. The maximum Gasteiger partial charge on any atom is 0.135 e. The SMILES string of the molecule is COc1cc(NCC(O)CC2CCCC2)c(Br)cc1Br. The van der Waals surface area contributed by atoms with Crippen LogP contribution < -0.4 is 10.1 Å². The summed E-state index contributed by atoms with van der Waals surface area (Å²) in [5.41, 5.74) is 0.940. The Morgan fingerprint density at radius 2 is 2.00 bits per heavy atom. The number of nitrogens with one attached hydrogen (secondary N) is 1. The molecular formula is C15H21Br2NO2. The van der Waals surface area contributed by atoms with Crippen LogP contribution in [0.1, 0.15) is 32.1 Å². The smallest absolute Gasteiger partial charge is 0.135 e. The second-order valence-electron chi connectivity index (χ2n) is 5.39. The Kier molecular flexibility index (Phi) is 6.18. The monoisotopic (exact) mass is 405 g/mol. The summed E-state index contributed by atoms with van der Waals surface area (Å²) in [4.78, 5) is 0. The first kappa shape index (κ1) is 16.1. The summed E-state index contributed by atoms with van der Waals surface area (Å²) in [5, 5.41) is 13.4. The van der Waals surface area contributed by atoms with E-state index in [1.807, 2.05) is 12.1 Å². The molecule has 20 heavy (non-hydrogen) atoms. The fraction of sp³-hybridized carbons (Fsp3) is 0.600. The summed E-state index contributed by atoms with van der Waals surface area (Å²) in [6, 6.07) is 3.88. The van der Waals surface area contributed by atoms with Crippen molar-refractivity contribution in [3.05, 3.63) is 21.1 Å². The lowest BCUT2D eigenvalue weighted by Crippen LogP contribution is -2.22. The molecular weight excluding hydrogens is 386 g/mol. The number of ether oxygens (including phenoxy) is 1. The molecule has 1 aliphatic carbocycles. The fourth-order valence-electron chi connectivity index (χ4n) is 2.76. The standard InChI is InChI=1S/C15H21Br2NO2/c1-20-15-8-14(12(16)7-13(15)17)18-9-11(19)6-10-4-2-3-5-10/h7-8,10-11,18-19H,2-6,9H2,1H3. The largest absolute Gasteiger partial charge is 0.495 e. The molecule has 2 rings (SSSR count). The van der Waals surface area contributed by atoms with Gasteiger partial charge in [-0.25, -0.2) is 0 Å². The average molecular weight is 407 g/mol. The van der Waals surface area contributed by atoms with E-state index in [0.29, 0.717) is 12.5 Å². The molecule has 0 aliphatic heterocycles. The molecule has 112 valence electrons. The molecule has 0 bridgehead atoms. The zero-order valence-electron chi connectivity index (χ0n) is 11.7. The predicted molar refractivity (Wildman–Crippen MR) is 89.5 cm³/mol. The number of hydrogen-bond acceptors (Lipinski definition) is 3. The van der Waals surface area contributed by atoms with Gasteiger partial charge in [0.05, 0.1) is 23.4 Å². The van der Waals surface area contributed by atoms with E-state index in [4.69, 9.17) is 4.74 Å². The molecule has 1 unspecified atom stereocenters. The van der Waals surface area contributed by atoms with Crippen molar-refractivity contribution < 1.29 is 9.84 Å². The number of aliphatic hydroxyl groups is 1. The zero-order chi connectivity index (χ0) is 14.5. The summed E-state index contributed by atoms with van der Waals surface area (Å²) < 4.78 is 7.15. The fourth-order valence-corrected chi connectivity index (χ4v) is 4.06. The van der Waals surface area contributed by atoms with Crippen LogP contribution in [0.3, 0.4) is 0 Å².